The number of nitrogens with zero attached hydrogens (tertiary/aromatic N) is 1. The Bertz CT molecular complexity index is 10.8. The van der Waals surface area contributed by atoms with Crippen LogP contribution in [0, 0.1) is 0 Å². The number of hydrogen-bond acceptors (Lipinski definition) is 0. The van der Waals surface area contributed by atoms with Gasteiger partial charge in [-0.05, 0) is 0 Å². The summed E-state index contributed by atoms with van der Waals surface area (Å²) < 4.78 is 0. The summed E-state index contributed by atoms with van der Waals surface area (Å²) in [4.78, 5) is 0. The van der Waals surface area contributed by atoms with Crippen molar-refractivity contribution in [3.05, 3.63) is 6.15 Å². The van der Waals surface area contributed by atoms with Crippen LogP contribution < -0.4 is 56.6 Å². The van der Waals surface area contributed by atoms with Gasteiger partial charge in [0.15, 0.2) is 0 Å². The molecule has 1 unspecified atom stereocenters. The Morgan fingerprint density at radius 1 is 0.667 bits per heavy atom. The van der Waals surface area contributed by atoms with Crippen molar-refractivity contribution >= 4 is 9.90 Å². The van der Waals surface area contributed by atoms with E-state index < -0.39 is 0 Å². The Labute approximate surface area is 77.6 Å². The predicted molar refractivity (Wildman–Crippen MR) is 18.1 cm³/mol. The van der Waals surface area contributed by atoms with Crippen LogP contribution in [0.25, 0.3) is 6.15 Å². The molecule has 0 aromatic rings. The fraction of sp³-hybridized carbons (Fsp3) is 0. The average molecular weight is 86.8 g/mol. The SMILES string of the molecule is O.P.[Li+].[Li+].[Li+].[N-3]. The number of rotatable bonds is 0. The predicted octanol–water partition coefficient (Wildman–Crippen LogP) is -9.47. The molecule has 0 rings (SSSR count). The van der Waals surface area contributed by atoms with Gasteiger partial charge in [0.1, 0.15) is 0 Å². The third-order valence-corrected chi connectivity index (χ3v) is 0. The van der Waals surface area contributed by atoms with Gasteiger partial charge in [0.25, 0.3) is 0 Å². The van der Waals surface area contributed by atoms with Crippen LogP contribution in [0.3, 0.4) is 0 Å². The zero-order valence-corrected chi connectivity index (χ0v) is 6.07. The Morgan fingerprint density at radius 2 is 0.667 bits per heavy atom. The topological polar surface area (TPSA) is 62.0 Å². The van der Waals surface area contributed by atoms with Crippen LogP contribution in [0.1, 0.15) is 0 Å². The first kappa shape index (κ1) is 90.5. The van der Waals surface area contributed by atoms with Gasteiger partial charge in [-0.1, -0.05) is 0 Å². The molecule has 0 aromatic carbocycles. The van der Waals surface area contributed by atoms with Crippen LogP contribution in [0.15, 0.2) is 0 Å². The van der Waals surface area contributed by atoms with E-state index >= 15 is 0 Å². The fourth-order valence-electron chi connectivity index (χ4n) is 0. The summed E-state index contributed by atoms with van der Waals surface area (Å²) in [6, 6.07) is 0. The van der Waals surface area contributed by atoms with E-state index in [1.54, 1.807) is 0 Å². The molecular weight excluding hydrogens is 81.8 g/mol. The van der Waals surface area contributed by atoms with E-state index in [1.165, 1.54) is 0 Å². The molecule has 0 radical (unpaired) electrons. The van der Waals surface area contributed by atoms with Gasteiger partial charge in [-0.25, -0.2) is 0 Å². The van der Waals surface area contributed by atoms with Crippen molar-refractivity contribution in [3.8, 4) is 0 Å². The first-order chi connectivity index (χ1) is 0. The minimum Gasteiger partial charge on any atom is -3.00 e. The molecule has 0 fully saturated rings. The van der Waals surface area contributed by atoms with Crippen LogP contribution in [0.2, 0.25) is 0 Å². The summed E-state index contributed by atoms with van der Waals surface area (Å²) in [7, 11) is 0. The van der Waals surface area contributed by atoms with Crippen molar-refractivity contribution < 1.29 is 62.1 Å². The van der Waals surface area contributed by atoms with Crippen molar-refractivity contribution in [2.75, 3.05) is 0 Å². The van der Waals surface area contributed by atoms with Crippen molar-refractivity contribution in [2.45, 2.75) is 0 Å². The molecule has 0 aliphatic carbocycles. The van der Waals surface area contributed by atoms with Crippen LogP contribution in [0.4, 0.5) is 0 Å². The molecule has 24 valence electrons. The summed E-state index contributed by atoms with van der Waals surface area (Å²) in [5.74, 6) is 0. The van der Waals surface area contributed by atoms with Gasteiger partial charge in [-0.2, -0.15) is 9.90 Å². The molecule has 2 nitrogen and oxygen atoms in total. The molecule has 6 heavy (non-hydrogen) atoms. The molecule has 0 heterocycles. The third-order valence-electron chi connectivity index (χ3n) is 0. The van der Waals surface area contributed by atoms with E-state index in [1.807, 2.05) is 0 Å². The molecule has 0 saturated carbocycles. The smallest absolute Gasteiger partial charge is 1.00 e. The standard InChI is InChI=1S/3Li.N.H2O.H3P/h;;;;1H2;1H3/q3*+1;-3;;. The Kier molecular flexibility index (Phi) is 886. The van der Waals surface area contributed by atoms with Crippen LogP contribution in [-0.4, -0.2) is 5.48 Å². The van der Waals surface area contributed by atoms with Gasteiger partial charge in [0.05, 0.1) is 0 Å². The van der Waals surface area contributed by atoms with E-state index in [-0.39, 0.29) is 78.1 Å². The normalized spacial score (nSPS) is 0. The van der Waals surface area contributed by atoms with Gasteiger partial charge < -0.3 is 11.6 Å². The van der Waals surface area contributed by atoms with Crippen molar-refractivity contribution in [2.24, 2.45) is 0 Å². The number of hydrogen-bond donors (Lipinski definition) is 0. The average Bonchev–Trinajstić information content (AvgIpc) is 0. The van der Waals surface area contributed by atoms with Gasteiger partial charge in [-0.3, -0.25) is 0 Å². The van der Waals surface area contributed by atoms with E-state index in [4.69, 9.17) is 0 Å². The second kappa shape index (κ2) is 58.7. The van der Waals surface area contributed by atoms with E-state index in [0.717, 1.165) is 0 Å². The van der Waals surface area contributed by atoms with Crippen LogP contribution in [0.5, 0.6) is 0 Å². The molecule has 0 bridgehead atoms. The summed E-state index contributed by atoms with van der Waals surface area (Å²) in [6.07, 6.45) is 0. The monoisotopic (exact) mass is 87.1 g/mol. The maximum atomic E-state index is 0. The van der Waals surface area contributed by atoms with Gasteiger partial charge in [-0.15, -0.1) is 0 Å². The molecular formula is H5Li3NOP. The van der Waals surface area contributed by atoms with Crippen LogP contribution >= 0.6 is 9.90 Å². The van der Waals surface area contributed by atoms with E-state index in [9.17, 15) is 0 Å². The summed E-state index contributed by atoms with van der Waals surface area (Å²) in [6.45, 7) is 0. The molecule has 0 aromatic heterocycles. The van der Waals surface area contributed by atoms with Gasteiger partial charge in [0.2, 0.25) is 0 Å². The van der Waals surface area contributed by atoms with E-state index in [2.05, 4.69) is 0 Å². The molecule has 0 saturated heterocycles. The van der Waals surface area contributed by atoms with E-state index in [0.29, 0.717) is 0 Å². The molecule has 2 N–H and O–H groups in total. The summed E-state index contributed by atoms with van der Waals surface area (Å²) in [5, 5.41) is 0. The quantitative estimate of drug-likeness (QED) is 0.208. The molecule has 1 atom stereocenters. The van der Waals surface area contributed by atoms with Gasteiger partial charge in [0, 0.05) is 0 Å². The minimum absolute atomic E-state index is 0. The maximum Gasteiger partial charge on any atom is 1.00 e. The summed E-state index contributed by atoms with van der Waals surface area (Å²) >= 11 is 0. The Balaban J connectivity index is 0. The minimum atomic E-state index is 0. The molecule has 6 heteroatoms. The largest absolute Gasteiger partial charge is 3.00 e. The van der Waals surface area contributed by atoms with Crippen molar-refractivity contribution in [3.63, 3.8) is 0 Å². The summed E-state index contributed by atoms with van der Waals surface area (Å²) in [5.41, 5.74) is 0. The molecule has 0 aliphatic rings. The second-order valence-corrected chi connectivity index (χ2v) is 0. The maximum absolute atomic E-state index is 0. The first-order valence-corrected chi connectivity index (χ1v) is 0. The molecule has 0 spiro atoms. The molecule has 0 aliphatic heterocycles. The zero-order chi connectivity index (χ0) is 0. The van der Waals surface area contributed by atoms with Crippen molar-refractivity contribution in [1.29, 1.82) is 0 Å². The van der Waals surface area contributed by atoms with Gasteiger partial charge >= 0.3 is 56.6 Å². The Hall–Kier alpha value is 2.14. The second-order valence-electron chi connectivity index (χ2n) is 0. The Morgan fingerprint density at radius 3 is 0.667 bits per heavy atom. The fourth-order valence-corrected chi connectivity index (χ4v) is 0. The van der Waals surface area contributed by atoms with Crippen molar-refractivity contribution in [1.82, 2.24) is 0 Å². The van der Waals surface area contributed by atoms with Crippen LogP contribution in [-0.2, 0) is 0 Å². The first-order valence-electron chi connectivity index (χ1n) is 0. The third kappa shape index (κ3) is 35.4. The zero-order valence-electron chi connectivity index (χ0n) is 4.65. The molecule has 0 amide bonds.